The average Bonchev–Trinajstić information content (AvgIpc) is 2.96. The lowest BCUT2D eigenvalue weighted by Gasteiger charge is -2.19. The maximum absolute atomic E-state index is 12.3. The molecule has 2 aromatic rings. The van der Waals surface area contributed by atoms with E-state index < -0.39 is 0 Å². The van der Waals surface area contributed by atoms with Crippen LogP contribution in [0.5, 0.6) is 0 Å². The van der Waals surface area contributed by atoms with Crippen LogP contribution in [-0.4, -0.2) is 40.0 Å². The first-order chi connectivity index (χ1) is 11.2. The zero-order valence-corrected chi connectivity index (χ0v) is 14.2. The Labute approximate surface area is 140 Å². The summed E-state index contributed by atoms with van der Waals surface area (Å²) in [5.74, 6) is 1.53. The molecule has 1 fully saturated rings. The highest BCUT2D eigenvalue weighted by atomic mass is 32.2. The average molecular weight is 331 g/mol. The van der Waals surface area contributed by atoms with Crippen molar-refractivity contribution >= 4 is 23.6 Å². The van der Waals surface area contributed by atoms with Crippen molar-refractivity contribution in [1.29, 1.82) is 0 Å². The van der Waals surface area contributed by atoms with Gasteiger partial charge in [-0.2, -0.15) is 10.1 Å². The van der Waals surface area contributed by atoms with Crippen molar-refractivity contribution in [3.63, 3.8) is 0 Å². The number of piperidine rings is 1. The van der Waals surface area contributed by atoms with Gasteiger partial charge in [0.2, 0.25) is 5.95 Å². The largest absolute Gasteiger partial charge is 0.317 e. The van der Waals surface area contributed by atoms with Gasteiger partial charge in [0, 0.05) is 23.4 Å². The number of hydrogen-bond donors (Lipinski definition) is 2. The minimum absolute atomic E-state index is 0.162. The number of carbonyl (C=O) groups excluding carboxylic acids is 1. The van der Waals surface area contributed by atoms with Crippen LogP contribution in [0.4, 0.5) is 5.95 Å². The molecule has 1 saturated heterocycles. The van der Waals surface area contributed by atoms with Crippen molar-refractivity contribution in [1.82, 2.24) is 20.1 Å². The van der Waals surface area contributed by atoms with Crippen molar-refractivity contribution in [2.75, 3.05) is 24.7 Å². The minimum Gasteiger partial charge on any atom is -0.317 e. The molecule has 0 saturated carbocycles. The molecule has 1 aliphatic heterocycles. The molecule has 122 valence electrons. The monoisotopic (exact) mass is 331 g/mol. The van der Waals surface area contributed by atoms with Crippen LogP contribution < -0.4 is 10.6 Å². The van der Waals surface area contributed by atoms with Crippen LogP contribution in [0.3, 0.4) is 0 Å². The molecular weight excluding hydrogens is 310 g/mol. The van der Waals surface area contributed by atoms with Crippen LogP contribution in [0.25, 0.3) is 0 Å². The number of nitrogens with one attached hydrogen (secondary N) is 2. The summed E-state index contributed by atoms with van der Waals surface area (Å²) < 4.78 is 1.64. The van der Waals surface area contributed by atoms with Crippen molar-refractivity contribution < 1.29 is 4.79 Å². The quantitative estimate of drug-likeness (QED) is 0.841. The predicted molar refractivity (Wildman–Crippen MR) is 92.0 cm³/mol. The first-order valence-corrected chi connectivity index (χ1v) is 8.97. The van der Waals surface area contributed by atoms with E-state index in [0.717, 1.165) is 36.7 Å². The number of carbonyl (C=O) groups is 1. The van der Waals surface area contributed by atoms with Gasteiger partial charge in [-0.25, -0.2) is 4.68 Å². The molecule has 0 unspecified atom stereocenters. The smallest absolute Gasteiger partial charge is 0.258 e. The maximum Gasteiger partial charge on any atom is 0.258 e. The van der Waals surface area contributed by atoms with Crippen molar-refractivity contribution in [2.45, 2.75) is 23.7 Å². The number of benzene rings is 1. The van der Waals surface area contributed by atoms with Crippen LogP contribution in [-0.2, 0) is 7.05 Å². The summed E-state index contributed by atoms with van der Waals surface area (Å²) in [7, 11) is 1.81. The van der Waals surface area contributed by atoms with Gasteiger partial charge < -0.3 is 5.32 Å². The summed E-state index contributed by atoms with van der Waals surface area (Å²) >= 11 is 1.65. The zero-order chi connectivity index (χ0) is 16.2. The summed E-state index contributed by atoms with van der Waals surface area (Å²) in [5, 5.41) is 10.7. The number of hydrogen-bond acceptors (Lipinski definition) is 5. The molecule has 1 aromatic heterocycles. The molecular formula is C16H21N5OS. The molecule has 0 radical (unpaired) electrons. The van der Waals surface area contributed by atoms with Gasteiger partial charge in [-0.15, -0.1) is 11.8 Å². The highest BCUT2D eigenvalue weighted by Gasteiger charge is 2.21. The summed E-state index contributed by atoms with van der Waals surface area (Å²) in [6.45, 7) is 1.98. The molecule has 0 spiro atoms. The van der Waals surface area contributed by atoms with Crippen molar-refractivity contribution in [3.8, 4) is 0 Å². The number of nitrogens with zero attached hydrogens (tertiary/aromatic N) is 3. The summed E-state index contributed by atoms with van der Waals surface area (Å²) in [6.07, 6.45) is 4.08. The molecule has 0 aliphatic carbocycles. The van der Waals surface area contributed by atoms with Crippen LogP contribution in [0.15, 0.2) is 29.2 Å². The first kappa shape index (κ1) is 16.0. The third kappa shape index (κ3) is 3.73. The van der Waals surface area contributed by atoms with E-state index in [1.165, 1.54) is 0 Å². The van der Waals surface area contributed by atoms with E-state index in [4.69, 9.17) is 0 Å². The Morgan fingerprint density at radius 3 is 2.65 bits per heavy atom. The molecule has 0 atom stereocenters. The maximum atomic E-state index is 12.3. The number of thioether (sulfide) groups is 1. The fraction of sp³-hybridized carbons (Fsp3) is 0.438. The Morgan fingerprint density at radius 1 is 1.30 bits per heavy atom. The SMILES string of the molecule is CSc1ccc(C(=O)Nc2nc(C3CCNCC3)nn2C)cc1. The molecule has 6 nitrogen and oxygen atoms in total. The Morgan fingerprint density at radius 2 is 2.00 bits per heavy atom. The Kier molecular flexibility index (Phi) is 4.97. The van der Waals surface area contributed by atoms with E-state index >= 15 is 0 Å². The van der Waals surface area contributed by atoms with Gasteiger partial charge in [0.15, 0.2) is 5.82 Å². The Bertz CT molecular complexity index is 676. The van der Waals surface area contributed by atoms with E-state index in [9.17, 15) is 4.79 Å². The van der Waals surface area contributed by atoms with Crippen LogP contribution >= 0.6 is 11.8 Å². The van der Waals surface area contributed by atoms with Crippen LogP contribution in [0.2, 0.25) is 0 Å². The number of rotatable bonds is 4. The van der Waals surface area contributed by atoms with Crippen molar-refractivity contribution in [3.05, 3.63) is 35.7 Å². The lowest BCUT2D eigenvalue weighted by molar-refractivity contribution is 0.102. The summed E-state index contributed by atoms with van der Waals surface area (Å²) in [5.41, 5.74) is 0.620. The fourth-order valence-corrected chi connectivity index (χ4v) is 3.09. The van der Waals surface area contributed by atoms with E-state index in [1.54, 1.807) is 16.4 Å². The number of aromatic nitrogens is 3. The molecule has 1 amide bonds. The third-order valence-corrected chi connectivity index (χ3v) is 4.80. The lowest BCUT2D eigenvalue weighted by Crippen LogP contribution is -2.27. The van der Waals surface area contributed by atoms with Gasteiger partial charge in [0.25, 0.3) is 5.91 Å². The predicted octanol–water partition coefficient (Wildman–Crippen LogP) is 2.26. The molecule has 7 heteroatoms. The molecule has 23 heavy (non-hydrogen) atoms. The lowest BCUT2D eigenvalue weighted by atomic mass is 9.98. The van der Waals surface area contributed by atoms with Crippen LogP contribution in [0.1, 0.15) is 34.9 Å². The second-order valence-corrected chi connectivity index (χ2v) is 6.50. The molecule has 1 aromatic carbocycles. The Hall–Kier alpha value is -1.86. The number of anilines is 1. The minimum atomic E-state index is -0.162. The molecule has 1 aliphatic rings. The standard InChI is InChI=1S/C16H21N5OS/c1-21-16(18-14(20-21)11-7-9-17-10-8-11)19-15(22)12-3-5-13(23-2)6-4-12/h3-6,11,17H,7-10H2,1-2H3,(H,18,19,20,22). The highest BCUT2D eigenvalue weighted by Crippen LogP contribution is 2.23. The number of amides is 1. The van der Waals surface area contributed by atoms with E-state index in [-0.39, 0.29) is 5.91 Å². The van der Waals surface area contributed by atoms with E-state index in [0.29, 0.717) is 17.4 Å². The molecule has 2 heterocycles. The fourth-order valence-electron chi connectivity index (χ4n) is 2.68. The zero-order valence-electron chi connectivity index (χ0n) is 13.4. The molecule has 2 N–H and O–H groups in total. The van der Waals surface area contributed by atoms with Gasteiger partial charge in [-0.1, -0.05) is 0 Å². The normalized spacial score (nSPS) is 15.6. The first-order valence-electron chi connectivity index (χ1n) is 7.74. The van der Waals surface area contributed by atoms with E-state index in [1.807, 2.05) is 37.6 Å². The molecule has 3 rings (SSSR count). The van der Waals surface area contributed by atoms with Crippen molar-refractivity contribution in [2.24, 2.45) is 7.05 Å². The second-order valence-electron chi connectivity index (χ2n) is 5.62. The van der Waals surface area contributed by atoms with Gasteiger partial charge in [0.1, 0.15) is 0 Å². The summed E-state index contributed by atoms with van der Waals surface area (Å²) in [6, 6.07) is 7.53. The summed E-state index contributed by atoms with van der Waals surface area (Å²) in [4.78, 5) is 18.0. The van der Waals surface area contributed by atoms with Gasteiger partial charge >= 0.3 is 0 Å². The topological polar surface area (TPSA) is 71.8 Å². The van der Waals surface area contributed by atoms with E-state index in [2.05, 4.69) is 20.7 Å². The Balaban J connectivity index is 1.71. The highest BCUT2D eigenvalue weighted by molar-refractivity contribution is 7.98. The third-order valence-electron chi connectivity index (χ3n) is 4.06. The second kappa shape index (κ2) is 7.14. The van der Waals surface area contributed by atoms with Gasteiger partial charge in [0.05, 0.1) is 0 Å². The number of aryl methyl sites for hydroxylation is 1. The van der Waals surface area contributed by atoms with Gasteiger partial charge in [-0.3, -0.25) is 10.1 Å². The van der Waals surface area contributed by atoms with Crippen LogP contribution in [0, 0.1) is 0 Å². The molecule has 0 bridgehead atoms. The van der Waals surface area contributed by atoms with Gasteiger partial charge in [-0.05, 0) is 56.5 Å².